The highest BCUT2D eigenvalue weighted by Crippen LogP contribution is 2.26. The molecule has 1 aliphatic heterocycles. The molecule has 1 saturated heterocycles. The first-order valence-electron chi connectivity index (χ1n) is 7.29. The highest BCUT2D eigenvalue weighted by molar-refractivity contribution is 7.84. The Balaban J connectivity index is 2.13. The van der Waals surface area contributed by atoms with Crippen LogP contribution in [0, 0.1) is 0 Å². The minimum atomic E-state index is -0.758. The summed E-state index contributed by atoms with van der Waals surface area (Å²) < 4.78 is 11.6. The van der Waals surface area contributed by atoms with Gasteiger partial charge in [0.15, 0.2) is 0 Å². The maximum absolute atomic E-state index is 11.6. The average molecular weight is 294 g/mol. The van der Waals surface area contributed by atoms with E-state index in [-0.39, 0.29) is 10.8 Å². The average Bonchev–Trinajstić information content (AvgIpc) is 2.44. The number of nitrogens with one attached hydrogen (secondary N) is 1. The van der Waals surface area contributed by atoms with Crippen molar-refractivity contribution in [2.75, 3.05) is 25.9 Å². The van der Waals surface area contributed by atoms with Gasteiger partial charge in [0.1, 0.15) is 0 Å². The van der Waals surface area contributed by atoms with Crippen LogP contribution in [0.3, 0.4) is 0 Å². The molecule has 1 fully saturated rings. The molecule has 1 N–H and O–H groups in total. The summed E-state index contributed by atoms with van der Waals surface area (Å²) in [5.74, 6) is 0. The Morgan fingerprint density at radius 2 is 2.10 bits per heavy atom. The molecule has 1 aromatic rings. The van der Waals surface area contributed by atoms with Gasteiger partial charge in [0.25, 0.3) is 0 Å². The van der Waals surface area contributed by atoms with E-state index in [1.165, 1.54) is 5.56 Å². The molecular weight excluding hydrogens is 268 g/mol. The van der Waals surface area contributed by atoms with Crippen LogP contribution in [0.5, 0.6) is 0 Å². The van der Waals surface area contributed by atoms with Crippen LogP contribution in [-0.2, 0) is 16.3 Å². The largest absolute Gasteiger partial charge is 0.305 e. The summed E-state index contributed by atoms with van der Waals surface area (Å²) in [6, 6.07) is 11.1. The zero-order valence-electron chi connectivity index (χ0n) is 12.9. The van der Waals surface area contributed by atoms with Gasteiger partial charge in [0, 0.05) is 48.0 Å². The van der Waals surface area contributed by atoms with E-state index in [9.17, 15) is 4.21 Å². The maximum atomic E-state index is 11.6. The second-order valence-electron chi connectivity index (χ2n) is 6.17. The molecule has 0 spiro atoms. The lowest BCUT2D eigenvalue weighted by molar-refractivity contribution is 0.0958. The number of piperazine rings is 1. The van der Waals surface area contributed by atoms with Gasteiger partial charge < -0.3 is 5.32 Å². The van der Waals surface area contributed by atoms with Crippen LogP contribution >= 0.6 is 0 Å². The van der Waals surface area contributed by atoms with Crippen LogP contribution in [0.2, 0.25) is 0 Å². The Morgan fingerprint density at radius 1 is 1.45 bits per heavy atom. The molecule has 4 heteroatoms. The first-order chi connectivity index (χ1) is 9.42. The number of nitrogens with zero attached hydrogens (tertiary/aromatic N) is 1. The van der Waals surface area contributed by atoms with Gasteiger partial charge in [-0.25, -0.2) is 0 Å². The second-order valence-corrected chi connectivity index (χ2v) is 7.97. The van der Waals surface area contributed by atoms with Crippen molar-refractivity contribution in [1.29, 1.82) is 0 Å². The zero-order chi connectivity index (χ0) is 14.8. The Kier molecular flexibility index (Phi) is 4.99. The first kappa shape index (κ1) is 15.7. The number of benzene rings is 1. The fourth-order valence-electron chi connectivity index (χ4n) is 2.80. The predicted octanol–water partition coefficient (Wildman–Crippen LogP) is 1.96. The summed E-state index contributed by atoms with van der Waals surface area (Å²) in [7, 11) is -0.758. The van der Waals surface area contributed by atoms with Crippen LogP contribution in [0.15, 0.2) is 30.3 Å². The van der Waals surface area contributed by atoms with Crippen molar-refractivity contribution in [2.45, 2.75) is 37.6 Å². The highest BCUT2D eigenvalue weighted by Gasteiger charge is 2.35. The SMILES string of the molecule is CC1CNC(C)(c2ccccc2)CN1CC(C)S(C)=O. The predicted molar refractivity (Wildman–Crippen MR) is 86.4 cm³/mol. The van der Waals surface area contributed by atoms with E-state index < -0.39 is 10.8 Å². The van der Waals surface area contributed by atoms with Gasteiger partial charge in [0.05, 0.1) is 5.54 Å². The monoisotopic (exact) mass is 294 g/mol. The molecule has 20 heavy (non-hydrogen) atoms. The quantitative estimate of drug-likeness (QED) is 0.921. The van der Waals surface area contributed by atoms with Gasteiger partial charge in [-0.15, -0.1) is 0 Å². The minimum absolute atomic E-state index is 0.0251. The lowest BCUT2D eigenvalue weighted by atomic mass is 9.88. The van der Waals surface area contributed by atoms with Crippen molar-refractivity contribution in [1.82, 2.24) is 10.2 Å². The van der Waals surface area contributed by atoms with Crippen molar-refractivity contribution in [3.63, 3.8) is 0 Å². The summed E-state index contributed by atoms with van der Waals surface area (Å²) >= 11 is 0. The van der Waals surface area contributed by atoms with Crippen LogP contribution < -0.4 is 5.32 Å². The third kappa shape index (κ3) is 3.48. The van der Waals surface area contributed by atoms with Crippen molar-refractivity contribution < 1.29 is 4.21 Å². The first-order valence-corrected chi connectivity index (χ1v) is 8.91. The van der Waals surface area contributed by atoms with Gasteiger partial charge in [-0.3, -0.25) is 9.11 Å². The Bertz CT molecular complexity index is 465. The van der Waals surface area contributed by atoms with Crippen LogP contribution in [-0.4, -0.2) is 46.3 Å². The van der Waals surface area contributed by atoms with E-state index in [1.54, 1.807) is 6.26 Å². The number of rotatable bonds is 4. The molecule has 0 bridgehead atoms. The lowest BCUT2D eigenvalue weighted by Gasteiger charge is -2.46. The standard InChI is InChI=1S/C16H26N2OS/c1-13-10-17-16(3,15-8-6-5-7-9-15)12-18(13)11-14(2)20(4)19/h5-9,13-14,17H,10-12H2,1-4H3. The molecule has 0 amide bonds. The Labute approximate surface area is 125 Å². The molecule has 1 heterocycles. The molecular formula is C16H26N2OS. The van der Waals surface area contributed by atoms with Crippen LogP contribution in [0.1, 0.15) is 26.3 Å². The van der Waals surface area contributed by atoms with Crippen LogP contribution in [0.25, 0.3) is 0 Å². The Hall–Kier alpha value is -0.710. The Morgan fingerprint density at radius 3 is 2.70 bits per heavy atom. The number of hydrogen-bond acceptors (Lipinski definition) is 3. The third-order valence-corrected chi connectivity index (χ3v) is 5.68. The molecule has 112 valence electrons. The van der Waals surface area contributed by atoms with Crippen molar-refractivity contribution in [3.05, 3.63) is 35.9 Å². The molecule has 4 atom stereocenters. The van der Waals surface area contributed by atoms with Crippen molar-refractivity contribution in [2.24, 2.45) is 0 Å². The molecule has 1 aromatic carbocycles. The smallest absolute Gasteiger partial charge is 0.0535 e. The normalized spacial score (nSPS) is 30.9. The molecule has 1 aliphatic rings. The van der Waals surface area contributed by atoms with E-state index >= 15 is 0 Å². The van der Waals surface area contributed by atoms with Gasteiger partial charge in [-0.2, -0.15) is 0 Å². The van der Waals surface area contributed by atoms with E-state index in [0.717, 1.165) is 19.6 Å². The maximum Gasteiger partial charge on any atom is 0.0535 e. The van der Waals surface area contributed by atoms with Gasteiger partial charge in [-0.05, 0) is 26.3 Å². The van der Waals surface area contributed by atoms with Gasteiger partial charge in [0.2, 0.25) is 0 Å². The van der Waals surface area contributed by atoms with Crippen molar-refractivity contribution >= 4 is 10.8 Å². The fraction of sp³-hybridized carbons (Fsp3) is 0.625. The van der Waals surface area contributed by atoms with Gasteiger partial charge in [-0.1, -0.05) is 30.3 Å². The molecule has 0 radical (unpaired) electrons. The topological polar surface area (TPSA) is 32.3 Å². The van der Waals surface area contributed by atoms with E-state index in [1.807, 2.05) is 0 Å². The third-order valence-electron chi connectivity index (χ3n) is 4.40. The van der Waals surface area contributed by atoms with E-state index in [0.29, 0.717) is 6.04 Å². The minimum Gasteiger partial charge on any atom is -0.305 e. The van der Waals surface area contributed by atoms with Crippen LogP contribution in [0.4, 0.5) is 0 Å². The molecule has 0 aromatic heterocycles. The fourth-order valence-corrected chi connectivity index (χ4v) is 3.20. The summed E-state index contributed by atoms with van der Waals surface area (Å²) in [6.07, 6.45) is 1.80. The summed E-state index contributed by atoms with van der Waals surface area (Å²) in [6.45, 7) is 9.39. The molecule has 0 saturated carbocycles. The number of hydrogen-bond donors (Lipinski definition) is 1. The summed E-state index contributed by atoms with van der Waals surface area (Å²) in [5, 5.41) is 3.89. The second kappa shape index (κ2) is 6.37. The molecule has 0 aliphatic carbocycles. The van der Waals surface area contributed by atoms with Gasteiger partial charge >= 0.3 is 0 Å². The van der Waals surface area contributed by atoms with E-state index in [2.05, 4.69) is 61.3 Å². The molecule has 3 nitrogen and oxygen atoms in total. The summed E-state index contributed by atoms with van der Waals surface area (Å²) in [4.78, 5) is 2.47. The highest BCUT2D eigenvalue weighted by atomic mass is 32.2. The zero-order valence-corrected chi connectivity index (χ0v) is 13.7. The summed E-state index contributed by atoms with van der Waals surface area (Å²) in [5.41, 5.74) is 1.30. The lowest BCUT2D eigenvalue weighted by Crippen LogP contribution is -2.61. The van der Waals surface area contributed by atoms with E-state index in [4.69, 9.17) is 0 Å². The molecule has 2 rings (SSSR count). The van der Waals surface area contributed by atoms with Crippen molar-refractivity contribution in [3.8, 4) is 0 Å². The molecule has 4 unspecified atom stereocenters.